The molecule has 0 radical (unpaired) electrons. The van der Waals surface area contributed by atoms with E-state index in [4.69, 9.17) is 0 Å². The zero-order valence-electron chi connectivity index (χ0n) is 14.8. The van der Waals surface area contributed by atoms with Gasteiger partial charge in [-0.1, -0.05) is 0 Å². The highest BCUT2D eigenvalue weighted by Gasteiger charge is 2.44. The Balaban J connectivity index is 1.63. The molecule has 2 fully saturated rings. The van der Waals surface area contributed by atoms with Crippen molar-refractivity contribution in [3.05, 3.63) is 35.1 Å². The van der Waals surface area contributed by atoms with Crippen LogP contribution in [-0.4, -0.2) is 45.4 Å². The maximum absolute atomic E-state index is 13.3. The number of fused-ring (bicyclic) bond motifs is 1. The van der Waals surface area contributed by atoms with Gasteiger partial charge in [0.15, 0.2) is 0 Å². The molecular weight excluding hydrogens is 332 g/mol. The third-order valence-corrected chi connectivity index (χ3v) is 6.74. The van der Waals surface area contributed by atoms with Crippen molar-refractivity contribution < 1.29 is 4.79 Å². The van der Waals surface area contributed by atoms with Crippen LogP contribution in [0.4, 0.5) is 0 Å². The zero-order chi connectivity index (χ0) is 17.4. The summed E-state index contributed by atoms with van der Waals surface area (Å²) >= 11 is 1.49. The predicted molar refractivity (Wildman–Crippen MR) is 99.8 cm³/mol. The molecule has 1 N–H and O–H groups in total. The summed E-state index contributed by atoms with van der Waals surface area (Å²) in [6, 6.07) is 4.17. The highest BCUT2D eigenvalue weighted by Crippen LogP contribution is 2.36. The van der Waals surface area contributed by atoms with E-state index < -0.39 is 0 Å². The van der Waals surface area contributed by atoms with Gasteiger partial charge in [0.1, 0.15) is 9.88 Å². The standard InChI is InChI=1S/C19H24N4OS/c1-13-16(25-17(22-13)14-6-3-9-20-12-14)18(24)23-11-5-8-19(2)15(23)7-4-10-21-19/h3,6,9,12,15,21H,4-5,7-8,10-11H2,1-2H3/t15-,19+/m1/s1. The van der Waals surface area contributed by atoms with Crippen molar-refractivity contribution in [2.24, 2.45) is 0 Å². The van der Waals surface area contributed by atoms with Crippen LogP contribution >= 0.6 is 11.3 Å². The predicted octanol–water partition coefficient (Wildman–Crippen LogP) is 3.26. The number of thiazole rings is 1. The van der Waals surface area contributed by atoms with Crippen molar-refractivity contribution in [2.45, 2.75) is 51.1 Å². The minimum Gasteiger partial charge on any atom is -0.333 e. The Morgan fingerprint density at radius 1 is 1.44 bits per heavy atom. The van der Waals surface area contributed by atoms with Gasteiger partial charge >= 0.3 is 0 Å². The molecule has 0 spiro atoms. The van der Waals surface area contributed by atoms with Crippen LogP contribution in [0, 0.1) is 6.92 Å². The summed E-state index contributed by atoms with van der Waals surface area (Å²) in [5, 5.41) is 4.54. The lowest BCUT2D eigenvalue weighted by molar-refractivity contribution is 0.0257. The van der Waals surface area contributed by atoms with E-state index in [-0.39, 0.29) is 17.5 Å². The van der Waals surface area contributed by atoms with Gasteiger partial charge in [0.2, 0.25) is 0 Å². The van der Waals surface area contributed by atoms with Crippen LogP contribution in [0.5, 0.6) is 0 Å². The summed E-state index contributed by atoms with van der Waals surface area (Å²) in [7, 11) is 0. The third kappa shape index (κ3) is 2.98. The highest BCUT2D eigenvalue weighted by atomic mass is 32.1. The van der Waals surface area contributed by atoms with Gasteiger partial charge in [-0.25, -0.2) is 4.98 Å². The van der Waals surface area contributed by atoms with Crippen molar-refractivity contribution in [1.29, 1.82) is 0 Å². The molecule has 4 rings (SSSR count). The Morgan fingerprint density at radius 3 is 3.12 bits per heavy atom. The van der Waals surface area contributed by atoms with Crippen LogP contribution in [0.1, 0.15) is 48.0 Å². The molecule has 0 bridgehead atoms. The minimum atomic E-state index is 0.0525. The molecule has 2 aliphatic rings. The van der Waals surface area contributed by atoms with E-state index in [9.17, 15) is 4.79 Å². The first-order valence-electron chi connectivity index (χ1n) is 9.02. The number of carbonyl (C=O) groups is 1. The number of hydrogen-bond donors (Lipinski definition) is 1. The van der Waals surface area contributed by atoms with Gasteiger partial charge in [-0.15, -0.1) is 11.3 Å². The summed E-state index contributed by atoms with van der Waals surface area (Å²) in [5.41, 5.74) is 1.85. The molecule has 2 aromatic rings. The average molecular weight is 356 g/mol. The van der Waals surface area contributed by atoms with Crippen molar-refractivity contribution in [3.8, 4) is 10.6 Å². The number of piperidine rings is 2. The van der Waals surface area contributed by atoms with Crippen LogP contribution < -0.4 is 5.32 Å². The zero-order valence-corrected chi connectivity index (χ0v) is 15.6. The second-order valence-corrected chi connectivity index (χ2v) is 8.28. The highest BCUT2D eigenvalue weighted by molar-refractivity contribution is 7.17. The van der Waals surface area contributed by atoms with Crippen molar-refractivity contribution in [1.82, 2.24) is 20.2 Å². The van der Waals surface area contributed by atoms with Crippen LogP contribution in [0.2, 0.25) is 0 Å². The number of nitrogens with one attached hydrogen (secondary N) is 1. The van der Waals surface area contributed by atoms with Crippen molar-refractivity contribution in [2.75, 3.05) is 13.1 Å². The fourth-order valence-electron chi connectivity index (χ4n) is 4.21. The fraction of sp³-hybridized carbons (Fsp3) is 0.526. The lowest BCUT2D eigenvalue weighted by Crippen LogP contribution is -2.65. The van der Waals surface area contributed by atoms with E-state index in [0.717, 1.165) is 59.9 Å². The molecule has 2 saturated heterocycles. The number of rotatable bonds is 2. The van der Waals surface area contributed by atoms with Gasteiger partial charge in [-0.2, -0.15) is 0 Å². The number of hydrogen-bond acceptors (Lipinski definition) is 5. The number of carbonyl (C=O) groups excluding carboxylic acids is 1. The van der Waals surface area contributed by atoms with E-state index in [1.807, 2.05) is 19.1 Å². The molecule has 0 unspecified atom stereocenters. The monoisotopic (exact) mass is 356 g/mol. The minimum absolute atomic E-state index is 0.0525. The number of nitrogens with zero attached hydrogens (tertiary/aromatic N) is 3. The third-order valence-electron chi connectivity index (χ3n) is 5.55. The van der Waals surface area contributed by atoms with E-state index in [1.54, 1.807) is 12.4 Å². The Labute approximate surface area is 152 Å². The lowest BCUT2D eigenvalue weighted by atomic mass is 9.78. The molecule has 1 amide bonds. The van der Waals surface area contributed by atoms with Gasteiger partial charge in [0.25, 0.3) is 5.91 Å². The SMILES string of the molecule is Cc1nc(-c2cccnc2)sc1C(=O)N1CCC[C@]2(C)NCCC[C@@H]12. The number of pyridine rings is 1. The van der Waals surface area contributed by atoms with Gasteiger partial charge in [0.05, 0.1) is 5.69 Å². The first kappa shape index (κ1) is 16.7. The Kier molecular flexibility index (Phi) is 4.33. The number of aryl methyl sites for hydroxylation is 1. The fourth-order valence-corrected chi connectivity index (χ4v) is 5.23. The average Bonchev–Trinajstić information content (AvgIpc) is 3.02. The summed E-state index contributed by atoms with van der Waals surface area (Å²) in [5.74, 6) is 0.143. The topological polar surface area (TPSA) is 58.1 Å². The molecule has 4 heterocycles. The Morgan fingerprint density at radius 2 is 2.32 bits per heavy atom. The quantitative estimate of drug-likeness (QED) is 0.897. The smallest absolute Gasteiger partial charge is 0.266 e. The molecule has 132 valence electrons. The second-order valence-electron chi connectivity index (χ2n) is 7.28. The number of aromatic nitrogens is 2. The van der Waals surface area contributed by atoms with Gasteiger partial charge in [-0.3, -0.25) is 9.78 Å². The normalized spacial score (nSPS) is 26.3. The maximum Gasteiger partial charge on any atom is 0.266 e. The molecule has 2 aromatic heterocycles. The van der Waals surface area contributed by atoms with Crippen LogP contribution in [0.25, 0.3) is 10.6 Å². The van der Waals surface area contributed by atoms with E-state index in [1.165, 1.54) is 11.3 Å². The second kappa shape index (κ2) is 6.50. The van der Waals surface area contributed by atoms with Crippen molar-refractivity contribution >= 4 is 17.2 Å². The van der Waals surface area contributed by atoms with E-state index in [2.05, 4.69) is 27.1 Å². The maximum atomic E-state index is 13.3. The molecule has 0 saturated carbocycles. The Bertz CT molecular complexity index is 771. The molecule has 0 aromatic carbocycles. The largest absolute Gasteiger partial charge is 0.333 e. The van der Waals surface area contributed by atoms with E-state index >= 15 is 0 Å². The number of likely N-dealkylation sites (tertiary alicyclic amines) is 1. The number of amides is 1. The van der Waals surface area contributed by atoms with E-state index in [0.29, 0.717) is 0 Å². The van der Waals surface area contributed by atoms with Gasteiger partial charge in [0, 0.05) is 36.1 Å². The van der Waals surface area contributed by atoms with Gasteiger partial charge in [-0.05, 0) is 58.2 Å². The van der Waals surface area contributed by atoms with Gasteiger partial charge < -0.3 is 10.2 Å². The molecule has 2 atom stereocenters. The van der Waals surface area contributed by atoms with Crippen molar-refractivity contribution in [3.63, 3.8) is 0 Å². The summed E-state index contributed by atoms with van der Waals surface area (Å²) in [6.45, 7) is 6.11. The molecule has 5 nitrogen and oxygen atoms in total. The first-order chi connectivity index (χ1) is 12.1. The molecule has 25 heavy (non-hydrogen) atoms. The Hall–Kier alpha value is -1.79. The summed E-state index contributed by atoms with van der Waals surface area (Å²) in [6.07, 6.45) is 7.97. The summed E-state index contributed by atoms with van der Waals surface area (Å²) in [4.78, 5) is 25.0. The van der Waals surface area contributed by atoms with Crippen LogP contribution in [-0.2, 0) is 0 Å². The first-order valence-corrected chi connectivity index (χ1v) is 9.84. The molecule has 0 aliphatic carbocycles. The molecule has 2 aliphatic heterocycles. The van der Waals surface area contributed by atoms with Crippen LogP contribution in [0.3, 0.4) is 0 Å². The lowest BCUT2D eigenvalue weighted by Gasteiger charge is -2.51. The summed E-state index contributed by atoms with van der Waals surface area (Å²) < 4.78 is 0. The molecular formula is C19H24N4OS. The van der Waals surface area contributed by atoms with Crippen LogP contribution in [0.15, 0.2) is 24.5 Å². The molecule has 6 heteroatoms.